The second kappa shape index (κ2) is 8.14. The van der Waals surface area contributed by atoms with E-state index in [0.29, 0.717) is 30.9 Å². The first-order chi connectivity index (χ1) is 13.7. The molecule has 1 aliphatic heterocycles. The molecule has 1 aromatic carbocycles. The van der Waals surface area contributed by atoms with Crippen LogP contribution in [0.25, 0.3) is 0 Å². The van der Waals surface area contributed by atoms with Crippen LogP contribution in [0, 0.1) is 0 Å². The van der Waals surface area contributed by atoms with Crippen LogP contribution in [0.5, 0.6) is 5.75 Å². The zero-order valence-electron chi connectivity index (χ0n) is 17.4. The minimum absolute atomic E-state index is 0.170. The van der Waals surface area contributed by atoms with Crippen LogP contribution in [0.2, 0.25) is 0 Å². The van der Waals surface area contributed by atoms with Gasteiger partial charge in [0.25, 0.3) is 0 Å². The minimum atomic E-state index is -0.562. The van der Waals surface area contributed by atoms with E-state index in [-0.39, 0.29) is 25.0 Å². The number of nitrogens with zero attached hydrogens (tertiary/aromatic N) is 3. The molecule has 0 radical (unpaired) electrons. The Labute approximate surface area is 170 Å². The summed E-state index contributed by atoms with van der Waals surface area (Å²) in [5, 5.41) is 4.39. The predicted octanol–water partition coefficient (Wildman–Crippen LogP) is 3.04. The largest absolute Gasteiger partial charge is 0.497 e. The number of carbonyl (C=O) groups excluding carboxylic acids is 2. The maximum atomic E-state index is 12.7. The van der Waals surface area contributed by atoms with E-state index in [9.17, 15) is 9.59 Å². The molecule has 0 saturated carbocycles. The average molecular weight is 400 g/mol. The topological polar surface area (TPSA) is 99.7 Å². The van der Waals surface area contributed by atoms with Crippen LogP contribution in [0.15, 0.2) is 24.3 Å². The molecule has 0 spiro atoms. The molecule has 2 aromatic rings. The van der Waals surface area contributed by atoms with Crippen molar-refractivity contribution >= 4 is 17.8 Å². The van der Waals surface area contributed by atoms with Crippen molar-refractivity contribution in [2.24, 2.45) is 0 Å². The minimum Gasteiger partial charge on any atom is -0.497 e. The summed E-state index contributed by atoms with van der Waals surface area (Å²) in [6, 6.07) is 7.60. The molecule has 0 bridgehead atoms. The highest BCUT2D eigenvalue weighted by molar-refractivity contribution is 5.82. The molecule has 8 heteroatoms. The van der Waals surface area contributed by atoms with Crippen molar-refractivity contribution in [3.8, 4) is 5.75 Å². The fraction of sp³-hybridized carbons (Fsp3) is 0.476. The third kappa shape index (κ3) is 4.88. The van der Waals surface area contributed by atoms with Crippen LogP contribution in [-0.4, -0.2) is 45.9 Å². The first-order valence-electron chi connectivity index (χ1n) is 9.68. The number of nitrogen functional groups attached to an aromatic ring is 1. The number of carbonyl (C=O) groups is 2. The van der Waals surface area contributed by atoms with Crippen molar-refractivity contribution in [3.63, 3.8) is 0 Å². The zero-order valence-corrected chi connectivity index (χ0v) is 17.4. The van der Waals surface area contributed by atoms with Gasteiger partial charge in [-0.2, -0.15) is 9.78 Å². The first-order valence-corrected chi connectivity index (χ1v) is 9.68. The highest BCUT2D eigenvalue weighted by Gasteiger charge is 2.30. The van der Waals surface area contributed by atoms with Gasteiger partial charge in [-0.05, 0) is 51.3 Å². The monoisotopic (exact) mass is 400 g/mol. The number of amides is 1. The number of benzene rings is 1. The van der Waals surface area contributed by atoms with Crippen LogP contribution < -0.4 is 10.5 Å². The van der Waals surface area contributed by atoms with E-state index in [4.69, 9.17) is 15.2 Å². The molecular weight excluding hydrogens is 372 g/mol. The maximum Gasteiger partial charge on any atom is 0.410 e. The van der Waals surface area contributed by atoms with Gasteiger partial charge in [0.2, 0.25) is 5.91 Å². The lowest BCUT2D eigenvalue weighted by Crippen LogP contribution is -2.39. The third-order valence-electron chi connectivity index (χ3n) is 4.75. The van der Waals surface area contributed by atoms with Gasteiger partial charge in [0.05, 0.1) is 19.3 Å². The molecule has 2 N–H and O–H groups in total. The number of ether oxygens (including phenoxy) is 2. The average Bonchev–Trinajstić information content (AvgIpc) is 3.01. The molecule has 156 valence electrons. The molecule has 0 fully saturated rings. The Hall–Kier alpha value is -3.03. The molecule has 1 amide bonds. The second-order valence-corrected chi connectivity index (χ2v) is 8.12. The van der Waals surface area contributed by atoms with Gasteiger partial charge in [-0.1, -0.05) is 12.1 Å². The number of hydrogen-bond donors (Lipinski definition) is 1. The fourth-order valence-corrected chi connectivity index (χ4v) is 3.24. The van der Waals surface area contributed by atoms with Crippen molar-refractivity contribution < 1.29 is 19.1 Å². The summed E-state index contributed by atoms with van der Waals surface area (Å²) in [5.41, 5.74) is 8.14. The van der Waals surface area contributed by atoms with E-state index in [1.807, 2.05) is 45.0 Å². The lowest BCUT2D eigenvalue weighted by molar-refractivity contribution is 0.0221. The van der Waals surface area contributed by atoms with E-state index < -0.39 is 5.60 Å². The van der Waals surface area contributed by atoms with Gasteiger partial charge in [0.1, 0.15) is 17.2 Å². The normalized spacial score (nSPS) is 13.7. The van der Waals surface area contributed by atoms with E-state index in [1.165, 1.54) is 4.68 Å². The molecule has 0 saturated heterocycles. The van der Waals surface area contributed by atoms with E-state index in [2.05, 4.69) is 5.10 Å². The summed E-state index contributed by atoms with van der Waals surface area (Å²) in [7, 11) is 1.62. The molecule has 29 heavy (non-hydrogen) atoms. The number of aryl methyl sites for hydroxylation is 1. The molecule has 0 aliphatic carbocycles. The summed E-state index contributed by atoms with van der Waals surface area (Å²) in [4.78, 5) is 26.6. The Morgan fingerprint density at radius 2 is 1.90 bits per heavy atom. The van der Waals surface area contributed by atoms with Crippen LogP contribution in [-0.2, 0) is 24.1 Å². The smallest absolute Gasteiger partial charge is 0.410 e. The summed E-state index contributed by atoms with van der Waals surface area (Å²) >= 11 is 0. The van der Waals surface area contributed by atoms with Gasteiger partial charge in [0.15, 0.2) is 0 Å². The van der Waals surface area contributed by atoms with Gasteiger partial charge in [0, 0.05) is 18.5 Å². The third-order valence-corrected chi connectivity index (χ3v) is 4.75. The Morgan fingerprint density at radius 3 is 2.52 bits per heavy atom. The standard InChI is InChI=1S/C21H28N4O4/c1-21(2,3)29-20(27)24-12-11-16-17(13-24)23-25(19(16)22)18(26)10-7-14-5-8-15(28-4)9-6-14/h5-6,8-9H,7,10-13,22H2,1-4H3. The van der Waals surface area contributed by atoms with Crippen LogP contribution in [0.4, 0.5) is 10.6 Å². The Balaban J connectivity index is 1.66. The van der Waals surface area contributed by atoms with Gasteiger partial charge >= 0.3 is 6.09 Å². The summed E-state index contributed by atoms with van der Waals surface area (Å²) in [6.07, 6.45) is 1.03. The van der Waals surface area contributed by atoms with Crippen LogP contribution in [0.1, 0.15) is 48.8 Å². The Bertz CT molecular complexity index is 897. The number of rotatable bonds is 4. The second-order valence-electron chi connectivity index (χ2n) is 8.12. The van der Waals surface area contributed by atoms with Crippen LogP contribution >= 0.6 is 0 Å². The first kappa shape index (κ1) is 20.7. The van der Waals surface area contributed by atoms with E-state index in [1.54, 1.807) is 12.0 Å². The lowest BCUT2D eigenvalue weighted by atomic mass is 10.1. The van der Waals surface area contributed by atoms with Crippen molar-refractivity contribution in [2.45, 2.75) is 52.2 Å². The van der Waals surface area contributed by atoms with E-state index in [0.717, 1.165) is 16.9 Å². The number of nitrogens with two attached hydrogens (primary N) is 1. The fourth-order valence-electron chi connectivity index (χ4n) is 3.24. The van der Waals surface area contributed by atoms with Crippen molar-refractivity contribution in [1.29, 1.82) is 0 Å². The molecule has 1 aromatic heterocycles. The van der Waals surface area contributed by atoms with Gasteiger partial charge in [-0.3, -0.25) is 4.79 Å². The molecule has 0 atom stereocenters. The van der Waals surface area contributed by atoms with Gasteiger partial charge < -0.3 is 20.1 Å². The quantitative estimate of drug-likeness (QED) is 0.847. The zero-order chi connectivity index (χ0) is 21.2. The Kier molecular flexibility index (Phi) is 5.81. The van der Waals surface area contributed by atoms with Crippen LogP contribution in [0.3, 0.4) is 0 Å². The van der Waals surface area contributed by atoms with Crippen molar-refractivity contribution in [3.05, 3.63) is 41.1 Å². The van der Waals surface area contributed by atoms with E-state index >= 15 is 0 Å². The summed E-state index contributed by atoms with van der Waals surface area (Å²) in [5.74, 6) is 0.971. The van der Waals surface area contributed by atoms with Gasteiger partial charge in [-0.15, -0.1) is 0 Å². The number of methoxy groups -OCH3 is 1. The number of fused-ring (bicyclic) bond motifs is 1. The number of anilines is 1. The van der Waals surface area contributed by atoms with Crippen molar-refractivity contribution in [1.82, 2.24) is 14.7 Å². The summed E-state index contributed by atoms with van der Waals surface area (Å²) < 4.78 is 11.8. The molecule has 1 aliphatic rings. The molecule has 3 rings (SSSR count). The summed E-state index contributed by atoms with van der Waals surface area (Å²) in [6.45, 7) is 6.25. The predicted molar refractivity (Wildman–Crippen MR) is 109 cm³/mol. The van der Waals surface area contributed by atoms with Crippen molar-refractivity contribution in [2.75, 3.05) is 19.4 Å². The molecular formula is C21H28N4O4. The van der Waals surface area contributed by atoms with Gasteiger partial charge in [-0.25, -0.2) is 4.79 Å². The Morgan fingerprint density at radius 1 is 1.21 bits per heavy atom. The molecule has 0 unspecified atom stereocenters. The SMILES string of the molecule is COc1ccc(CCC(=O)n2nc3c(c2N)CCN(C(=O)OC(C)(C)C)C3)cc1. The highest BCUT2D eigenvalue weighted by Crippen LogP contribution is 2.25. The number of hydrogen-bond acceptors (Lipinski definition) is 6. The maximum absolute atomic E-state index is 12.7. The molecule has 2 heterocycles. The molecule has 8 nitrogen and oxygen atoms in total. The number of aromatic nitrogens is 2. The highest BCUT2D eigenvalue weighted by atomic mass is 16.6. The lowest BCUT2D eigenvalue weighted by Gasteiger charge is -2.29.